The van der Waals surface area contributed by atoms with Crippen molar-refractivity contribution in [2.24, 2.45) is 0 Å². The highest BCUT2D eigenvalue weighted by molar-refractivity contribution is 7.18. The third kappa shape index (κ3) is 4.53. The summed E-state index contributed by atoms with van der Waals surface area (Å²) >= 11 is 1.68. The molecule has 8 heteroatoms. The summed E-state index contributed by atoms with van der Waals surface area (Å²) in [4.78, 5) is 30.6. The van der Waals surface area contributed by atoms with Gasteiger partial charge in [0, 0.05) is 13.7 Å². The number of nitrogens with one attached hydrogen (secondary N) is 2. The second-order valence-electron chi connectivity index (χ2n) is 5.95. The Kier molecular flexibility index (Phi) is 5.95. The first kappa shape index (κ1) is 17.8. The number of methoxy groups -OCH3 is 1. The maximum absolute atomic E-state index is 12.1. The maximum atomic E-state index is 12.1. The van der Waals surface area contributed by atoms with Crippen LogP contribution in [0.5, 0.6) is 0 Å². The SMILES string of the molecule is COCCNC(=O)NC(=O)CN1CCCC1c1nc2ccccc2s1. The van der Waals surface area contributed by atoms with Crippen LogP contribution in [0.1, 0.15) is 23.9 Å². The van der Waals surface area contributed by atoms with Crippen molar-refractivity contribution in [1.29, 1.82) is 0 Å². The molecule has 1 aliphatic heterocycles. The fraction of sp³-hybridized carbons (Fsp3) is 0.471. The second-order valence-corrected chi connectivity index (χ2v) is 7.01. The van der Waals surface area contributed by atoms with Crippen molar-refractivity contribution in [2.45, 2.75) is 18.9 Å². The van der Waals surface area contributed by atoms with Gasteiger partial charge in [0.2, 0.25) is 5.91 Å². The van der Waals surface area contributed by atoms with Crippen LogP contribution in [-0.4, -0.2) is 55.2 Å². The Morgan fingerprint density at radius 3 is 3.04 bits per heavy atom. The van der Waals surface area contributed by atoms with Crippen LogP contribution in [0, 0.1) is 0 Å². The summed E-state index contributed by atoms with van der Waals surface area (Å²) in [6.45, 7) is 1.80. The van der Waals surface area contributed by atoms with E-state index < -0.39 is 6.03 Å². The number of amides is 3. The topological polar surface area (TPSA) is 83.6 Å². The monoisotopic (exact) mass is 362 g/mol. The van der Waals surface area contributed by atoms with Crippen molar-refractivity contribution in [3.8, 4) is 0 Å². The molecule has 0 aliphatic carbocycles. The lowest BCUT2D eigenvalue weighted by atomic mass is 10.2. The van der Waals surface area contributed by atoms with Gasteiger partial charge in [0.1, 0.15) is 5.01 Å². The molecule has 1 saturated heterocycles. The quantitative estimate of drug-likeness (QED) is 0.767. The van der Waals surface area contributed by atoms with Gasteiger partial charge in [-0.25, -0.2) is 9.78 Å². The number of para-hydroxylation sites is 1. The summed E-state index contributed by atoms with van der Waals surface area (Å²) in [7, 11) is 1.56. The summed E-state index contributed by atoms with van der Waals surface area (Å²) in [6.07, 6.45) is 2.00. The zero-order chi connectivity index (χ0) is 17.6. The summed E-state index contributed by atoms with van der Waals surface area (Å²) < 4.78 is 6.01. The molecule has 0 spiro atoms. The van der Waals surface area contributed by atoms with Gasteiger partial charge in [-0.15, -0.1) is 11.3 Å². The number of hydrogen-bond donors (Lipinski definition) is 2. The van der Waals surface area contributed by atoms with E-state index >= 15 is 0 Å². The van der Waals surface area contributed by atoms with Crippen LogP contribution in [-0.2, 0) is 9.53 Å². The highest BCUT2D eigenvalue weighted by atomic mass is 32.1. The van der Waals surface area contributed by atoms with E-state index in [0.717, 1.165) is 34.6 Å². The van der Waals surface area contributed by atoms with E-state index in [2.05, 4.69) is 21.6 Å². The van der Waals surface area contributed by atoms with E-state index in [-0.39, 0.29) is 18.5 Å². The fourth-order valence-corrected chi connectivity index (χ4v) is 4.13. The number of carbonyl (C=O) groups is 2. The smallest absolute Gasteiger partial charge is 0.321 e. The van der Waals surface area contributed by atoms with E-state index in [1.807, 2.05) is 18.2 Å². The van der Waals surface area contributed by atoms with Gasteiger partial charge in [0.15, 0.2) is 0 Å². The molecule has 2 N–H and O–H groups in total. The summed E-state index contributed by atoms with van der Waals surface area (Å²) in [5.41, 5.74) is 0.997. The molecule has 134 valence electrons. The number of rotatable bonds is 6. The predicted molar refractivity (Wildman–Crippen MR) is 96.6 cm³/mol. The van der Waals surface area contributed by atoms with Gasteiger partial charge in [-0.1, -0.05) is 12.1 Å². The minimum absolute atomic E-state index is 0.139. The number of aromatic nitrogens is 1. The van der Waals surface area contributed by atoms with Crippen LogP contribution in [0.25, 0.3) is 10.2 Å². The molecule has 0 bridgehead atoms. The molecular formula is C17H22N4O3S. The normalized spacial score (nSPS) is 17.7. The molecule has 0 radical (unpaired) electrons. The van der Waals surface area contributed by atoms with Crippen molar-refractivity contribution >= 4 is 33.5 Å². The molecule has 7 nitrogen and oxygen atoms in total. The Balaban J connectivity index is 1.58. The van der Waals surface area contributed by atoms with Crippen LogP contribution >= 0.6 is 11.3 Å². The number of ether oxygens (including phenoxy) is 1. The zero-order valence-electron chi connectivity index (χ0n) is 14.2. The third-order valence-corrected chi connectivity index (χ3v) is 5.29. The molecule has 2 aromatic rings. The molecule has 3 amide bonds. The highest BCUT2D eigenvalue weighted by Gasteiger charge is 2.30. The van der Waals surface area contributed by atoms with Crippen molar-refractivity contribution < 1.29 is 14.3 Å². The van der Waals surface area contributed by atoms with Crippen molar-refractivity contribution in [2.75, 3.05) is 33.4 Å². The molecule has 1 unspecified atom stereocenters. The summed E-state index contributed by atoms with van der Waals surface area (Å²) in [5, 5.41) is 5.97. The standard InChI is InChI=1S/C17H22N4O3S/c1-24-10-8-18-17(23)20-15(22)11-21-9-4-6-13(21)16-19-12-5-2-3-7-14(12)25-16/h2-3,5,7,13H,4,6,8-11H2,1H3,(H2,18,20,22,23). The minimum atomic E-state index is -0.488. The predicted octanol–water partition coefficient (Wildman–Crippen LogP) is 1.91. The number of carbonyl (C=O) groups excluding carboxylic acids is 2. The van der Waals surface area contributed by atoms with Gasteiger partial charge in [0.05, 0.1) is 29.4 Å². The molecule has 1 aliphatic rings. The maximum Gasteiger partial charge on any atom is 0.321 e. The Morgan fingerprint density at radius 2 is 2.24 bits per heavy atom. The number of imide groups is 1. The summed E-state index contributed by atoms with van der Waals surface area (Å²) in [6, 6.07) is 7.70. The average molecular weight is 362 g/mol. The lowest BCUT2D eigenvalue weighted by Crippen LogP contribution is -2.45. The van der Waals surface area contributed by atoms with Crippen LogP contribution < -0.4 is 10.6 Å². The van der Waals surface area contributed by atoms with Gasteiger partial charge < -0.3 is 10.1 Å². The third-order valence-electron chi connectivity index (χ3n) is 4.15. The molecule has 0 saturated carbocycles. The molecular weight excluding hydrogens is 340 g/mol. The molecule has 25 heavy (non-hydrogen) atoms. The van der Waals surface area contributed by atoms with Crippen molar-refractivity contribution in [3.63, 3.8) is 0 Å². The number of thiazole rings is 1. The molecule has 1 atom stereocenters. The molecule has 1 aromatic carbocycles. The van der Waals surface area contributed by atoms with Crippen LogP contribution in [0.4, 0.5) is 4.79 Å². The van der Waals surface area contributed by atoms with Gasteiger partial charge in [-0.2, -0.15) is 0 Å². The number of benzene rings is 1. The van der Waals surface area contributed by atoms with E-state index in [4.69, 9.17) is 9.72 Å². The lowest BCUT2D eigenvalue weighted by molar-refractivity contribution is -0.121. The number of nitrogens with zero attached hydrogens (tertiary/aromatic N) is 2. The fourth-order valence-electron chi connectivity index (χ4n) is 2.99. The zero-order valence-corrected chi connectivity index (χ0v) is 15.0. The van der Waals surface area contributed by atoms with Gasteiger partial charge in [-0.05, 0) is 31.5 Å². The number of fused-ring (bicyclic) bond motifs is 1. The average Bonchev–Trinajstić information content (AvgIpc) is 3.20. The Bertz CT molecular complexity index is 715. The highest BCUT2D eigenvalue weighted by Crippen LogP contribution is 2.36. The van der Waals surface area contributed by atoms with Crippen molar-refractivity contribution in [1.82, 2.24) is 20.5 Å². The summed E-state index contributed by atoms with van der Waals surface area (Å²) in [5.74, 6) is -0.303. The van der Waals surface area contributed by atoms with E-state index in [0.29, 0.717) is 13.2 Å². The molecule has 3 rings (SSSR count). The van der Waals surface area contributed by atoms with Gasteiger partial charge >= 0.3 is 6.03 Å². The van der Waals surface area contributed by atoms with Gasteiger partial charge in [-0.3, -0.25) is 15.0 Å². The van der Waals surface area contributed by atoms with Crippen molar-refractivity contribution in [3.05, 3.63) is 29.3 Å². The number of urea groups is 1. The first-order valence-electron chi connectivity index (χ1n) is 8.33. The largest absolute Gasteiger partial charge is 0.383 e. The first-order chi connectivity index (χ1) is 12.2. The van der Waals surface area contributed by atoms with Crippen LogP contribution in [0.3, 0.4) is 0 Å². The second kappa shape index (κ2) is 8.37. The number of hydrogen-bond acceptors (Lipinski definition) is 6. The van der Waals surface area contributed by atoms with Crippen LogP contribution in [0.15, 0.2) is 24.3 Å². The first-order valence-corrected chi connectivity index (χ1v) is 9.15. The van der Waals surface area contributed by atoms with E-state index in [9.17, 15) is 9.59 Å². The van der Waals surface area contributed by atoms with E-state index in [1.54, 1.807) is 18.4 Å². The number of likely N-dealkylation sites (tertiary alicyclic amines) is 1. The van der Waals surface area contributed by atoms with Crippen LogP contribution in [0.2, 0.25) is 0 Å². The van der Waals surface area contributed by atoms with E-state index in [1.165, 1.54) is 0 Å². The Morgan fingerprint density at radius 1 is 1.40 bits per heavy atom. The molecule has 1 fully saturated rings. The van der Waals surface area contributed by atoms with Gasteiger partial charge in [0.25, 0.3) is 0 Å². The molecule has 1 aromatic heterocycles. The molecule has 2 heterocycles. The minimum Gasteiger partial charge on any atom is -0.383 e. The Hall–Kier alpha value is -2.03. The lowest BCUT2D eigenvalue weighted by Gasteiger charge is -2.21. The Labute approximate surface area is 150 Å².